The van der Waals surface area contributed by atoms with Gasteiger partial charge in [-0.25, -0.2) is 0 Å². The molecular formula is C15H19N3O2. The maximum absolute atomic E-state index is 5.82. The minimum absolute atomic E-state index is 0.239. The summed E-state index contributed by atoms with van der Waals surface area (Å²) in [6, 6.07) is 6.25. The monoisotopic (exact) mass is 273 g/mol. The average Bonchev–Trinajstić information content (AvgIpc) is 2.76. The Bertz CT molecular complexity index is 595. The predicted molar refractivity (Wildman–Crippen MR) is 77.3 cm³/mol. The van der Waals surface area contributed by atoms with Crippen molar-refractivity contribution in [1.82, 2.24) is 9.78 Å². The van der Waals surface area contributed by atoms with Crippen LogP contribution in [0.5, 0.6) is 11.5 Å². The van der Waals surface area contributed by atoms with Crippen molar-refractivity contribution in [2.24, 2.45) is 7.05 Å². The summed E-state index contributed by atoms with van der Waals surface area (Å²) in [5.41, 5.74) is 2.20. The van der Waals surface area contributed by atoms with E-state index in [9.17, 15) is 0 Å². The lowest BCUT2D eigenvalue weighted by atomic mass is 10.0. The summed E-state index contributed by atoms with van der Waals surface area (Å²) in [6.07, 6.45) is 5.88. The lowest BCUT2D eigenvalue weighted by molar-refractivity contribution is 0.314. The van der Waals surface area contributed by atoms with Gasteiger partial charge < -0.3 is 14.8 Å². The average molecular weight is 273 g/mol. The summed E-state index contributed by atoms with van der Waals surface area (Å²) in [6.45, 7) is 0.741. The summed E-state index contributed by atoms with van der Waals surface area (Å²) >= 11 is 0. The van der Waals surface area contributed by atoms with Crippen LogP contribution in [0.15, 0.2) is 30.6 Å². The lowest BCUT2D eigenvalue weighted by Gasteiger charge is -2.18. The molecule has 0 radical (unpaired) electrons. The number of methoxy groups -OCH3 is 1. The molecule has 5 heteroatoms. The molecule has 0 fully saturated rings. The standard InChI is InChI=1S/C15H19N3O2/c1-18-10-11(9-16-18)17-14-4-3-7-20-15-8-12(19-2)5-6-13(14)15/h5-6,8-10,14,17H,3-4,7H2,1-2H3/t14-/m1/s1. The van der Waals surface area contributed by atoms with Crippen LogP contribution in [0.3, 0.4) is 0 Å². The number of nitrogens with zero attached hydrogens (tertiary/aromatic N) is 2. The van der Waals surface area contributed by atoms with Gasteiger partial charge >= 0.3 is 0 Å². The minimum Gasteiger partial charge on any atom is -0.497 e. The number of rotatable bonds is 3. The number of nitrogens with one attached hydrogen (secondary N) is 1. The first-order valence-electron chi connectivity index (χ1n) is 6.82. The van der Waals surface area contributed by atoms with Crippen LogP contribution >= 0.6 is 0 Å². The third-order valence-corrected chi connectivity index (χ3v) is 3.54. The Morgan fingerprint density at radius 1 is 1.45 bits per heavy atom. The molecule has 20 heavy (non-hydrogen) atoms. The number of benzene rings is 1. The fourth-order valence-electron chi connectivity index (χ4n) is 2.53. The first-order valence-corrected chi connectivity index (χ1v) is 6.82. The molecule has 0 unspecified atom stereocenters. The van der Waals surface area contributed by atoms with Gasteiger partial charge in [0.05, 0.1) is 31.6 Å². The van der Waals surface area contributed by atoms with Crippen LogP contribution in [-0.2, 0) is 7.05 Å². The largest absolute Gasteiger partial charge is 0.497 e. The summed E-state index contributed by atoms with van der Waals surface area (Å²) in [5.74, 6) is 1.73. The van der Waals surface area contributed by atoms with Crippen LogP contribution in [0, 0.1) is 0 Å². The molecule has 1 aromatic heterocycles. The molecule has 0 saturated carbocycles. The molecule has 3 rings (SSSR count). The highest BCUT2D eigenvalue weighted by molar-refractivity contribution is 5.48. The molecule has 1 aromatic carbocycles. The number of hydrogen-bond acceptors (Lipinski definition) is 4. The SMILES string of the molecule is COc1ccc2c(c1)OCCC[C@H]2Nc1cnn(C)c1. The molecule has 0 bridgehead atoms. The number of hydrogen-bond donors (Lipinski definition) is 1. The fourth-order valence-corrected chi connectivity index (χ4v) is 2.53. The van der Waals surface area contributed by atoms with Gasteiger partial charge in [-0.2, -0.15) is 5.10 Å². The van der Waals surface area contributed by atoms with E-state index >= 15 is 0 Å². The van der Waals surface area contributed by atoms with Gasteiger partial charge in [0.2, 0.25) is 0 Å². The Balaban J connectivity index is 1.88. The van der Waals surface area contributed by atoms with Crippen molar-refractivity contribution < 1.29 is 9.47 Å². The van der Waals surface area contributed by atoms with Gasteiger partial charge in [-0.05, 0) is 25.0 Å². The number of anilines is 1. The van der Waals surface area contributed by atoms with Crippen molar-refractivity contribution in [3.05, 3.63) is 36.2 Å². The van der Waals surface area contributed by atoms with E-state index < -0.39 is 0 Å². The molecule has 1 aliphatic rings. The lowest BCUT2D eigenvalue weighted by Crippen LogP contribution is -2.09. The third-order valence-electron chi connectivity index (χ3n) is 3.54. The smallest absolute Gasteiger partial charge is 0.128 e. The van der Waals surface area contributed by atoms with Gasteiger partial charge in [-0.3, -0.25) is 4.68 Å². The Hall–Kier alpha value is -2.17. The van der Waals surface area contributed by atoms with Gasteiger partial charge in [-0.15, -0.1) is 0 Å². The van der Waals surface area contributed by atoms with E-state index in [1.807, 2.05) is 31.6 Å². The summed E-state index contributed by atoms with van der Waals surface area (Å²) in [5, 5.41) is 7.72. The zero-order valence-corrected chi connectivity index (χ0v) is 11.8. The normalized spacial score (nSPS) is 17.8. The highest BCUT2D eigenvalue weighted by atomic mass is 16.5. The van der Waals surface area contributed by atoms with Crippen LogP contribution in [-0.4, -0.2) is 23.5 Å². The van der Waals surface area contributed by atoms with Gasteiger partial charge in [0.15, 0.2) is 0 Å². The van der Waals surface area contributed by atoms with E-state index in [0.29, 0.717) is 0 Å². The summed E-state index contributed by atoms with van der Waals surface area (Å²) < 4.78 is 12.9. The van der Waals surface area contributed by atoms with E-state index in [4.69, 9.17) is 9.47 Å². The molecule has 5 nitrogen and oxygen atoms in total. The Kier molecular flexibility index (Phi) is 3.50. The Labute approximate surface area is 118 Å². The van der Waals surface area contributed by atoms with Crippen LogP contribution in [0.1, 0.15) is 24.4 Å². The second-order valence-electron chi connectivity index (χ2n) is 4.99. The summed E-state index contributed by atoms with van der Waals surface area (Å²) in [4.78, 5) is 0. The van der Waals surface area contributed by atoms with Crippen molar-refractivity contribution in [1.29, 1.82) is 0 Å². The molecule has 0 spiro atoms. The summed E-state index contributed by atoms with van der Waals surface area (Å²) in [7, 11) is 3.59. The van der Waals surface area contributed by atoms with E-state index in [-0.39, 0.29) is 6.04 Å². The first kappa shape index (κ1) is 12.8. The highest BCUT2D eigenvalue weighted by Gasteiger charge is 2.20. The highest BCUT2D eigenvalue weighted by Crippen LogP contribution is 2.36. The molecule has 0 aliphatic carbocycles. The van der Waals surface area contributed by atoms with Crippen molar-refractivity contribution >= 4 is 5.69 Å². The quantitative estimate of drug-likeness (QED) is 0.934. The third kappa shape index (κ3) is 2.57. The van der Waals surface area contributed by atoms with E-state index in [0.717, 1.165) is 36.6 Å². The maximum atomic E-state index is 5.82. The molecule has 1 atom stereocenters. The number of fused-ring (bicyclic) bond motifs is 1. The molecule has 2 heterocycles. The van der Waals surface area contributed by atoms with Crippen molar-refractivity contribution in [3.8, 4) is 11.5 Å². The molecule has 0 amide bonds. The second kappa shape index (κ2) is 5.45. The fraction of sp³-hybridized carbons (Fsp3) is 0.400. The zero-order chi connectivity index (χ0) is 13.9. The zero-order valence-electron chi connectivity index (χ0n) is 11.8. The second-order valence-corrected chi connectivity index (χ2v) is 4.99. The van der Waals surface area contributed by atoms with Crippen LogP contribution in [0.2, 0.25) is 0 Å². The van der Waals surface area contributed by atoms with Crippen molar-refractivity contribution in [2.75, 3.05) is 19.0 Å². The number of aryl methyl sites for hydroxylation is 1. The van der Waals surface area contributed by atoms with Crippen molar-refractivity contribution in [2.45, 2.75) is 18.9 Å². The maximum Gasteiger partial charge on any atom is 0.128 e. The molecule has 106 valence electrons. The van der Waals surface area contributed by atoms with Crippen molar-refractivity contribution in [3.63, 3.8) is 0 Å². The van der Waals surface area contributed by atoms with Gasteiger partial charge in [0.1, 0.15) is 11.5 Å². The first-order chi connectivity index (χ1) is 9.76. The van der Waals surface area contributed by atoms with Gasteiger partial charge in [-0.1, -0.05) is 0 Å². The topological polar surface area (TPSA) is 48.3 Å². The minimum atomic E-state index is 0.239. The van der Waals surface area contributed by atoms with Crippen LogP contribution in [0.25, 0.3) is 0 Å². The van der Waals surface area contributed by atoms with Gasteiger partial charge in [0.25, 0.3) is 0 Å². The van der Waals surface area contributed by atoms with Crippen LogP contribution < -0.4 is 14.8 Å². The molecule has 1 aliphatic heterocycles. The van der Waals surface area contributed by atoms with E-state index in [2.05, 4.69) is 16.5 Å². The Morgan fingerprint density at radius 2 is 2.35 bits per heavy atom. The Morgan fingerprint density at radius 3 is 3.10 bits per heavy atom. The molecule has 2 aromatic rings. The van der Waals surface area contributed by atoms with E-state index in [1.165, 1.54) is 5.56 Å². The van der Waals surface area contributed by atoms with Gasteiger partial charge in [0, 0.05) is 24.9 Å². The molecule has 1 N–H and O–H groups in total. The molecular weight excluding hydrogens is 254 g/mol. The van der Waals surface area contributed by atoms with E-state index in [1.54, 1.807) is 11.8 Å². The number of aromatic nitrogens is 2. The number of ether oxygens (including phenoxy) is 2. The van der Waals surface area contributed by atoms with Crippen LogP contribution in [0.4, 0.5) is 5.69 Å². The molecule has 0 saturated heterocycles. The predicted octanol–water partition coefficient (Wildman–Crippen LogP) is 2.75.